The van der Waals surface area contributed by atoms with Crippen molar-refractivity contribution in [1.82, 2.24) is 15.2 Å². The lowest BCUT2D eigenvalue weighted by molar-refractivity contribution is -0.0586. The van der Waals surface area contributed by atoms with Crippen LogP contribution >= 0.6 is 0 Å². The fraction of sp³-hybridized carbons (Fsp3) is 0.429. The van der Waals surface area contributed by atoms with E-state index in [-0.39, 0.29) is 23.9 Å². The number of pyridine rings is 1. The largest absolute Gasteiger partial charge is 0.506 e. The van der Waals surface area contributed by atoms with Crippen LogP contribution in [-0.4, -0.2) is 46.2 Å². The molecule has 1 fully saturated rings. The second-order valence-corrected chi connectivity index (χ2v) is 7.19. The molecule has 2 unspecified atom stereocenters. The molecule has 144 valence electrons. The number of aromatic nitrogens is 1. The Balaban J connectivity index is 1.55. The van der Waals surface area contributed by atoms with Gasteiger partial charge in [0.25, 0.3) is 5.91 Å². The van der Waals surface area contributed by atoms with Gasteiger partial charge in [-0.15, -0.1) is 0 Å². The van der Waals surface area contributed by atoms with Crippen molar-refractivity contribution >= 4 is 5.91 Å². The molecule has 1 aliphatic heterocycles. The van der Waals surface area contributed by atoms with Crippen molar-refractivity contribution in [3.8, 4) is 5.75 Å². The Kier molecular flexibility index (Phi) is 6.08. The van der Waals surface area contributed by atoms with Crippen LogP contribution in [0, 0.1) is 6.92 Å². The van der Waals surface area contributed by atoms with Crippen LogP contribution in [0.5, 0.6) is 5.75 Å². The Labute approximate surface area is 160 Å². The molecule has 1 saturated heterocycles. The number of nitrogens with one attached hydrogen (secondary N) is 1. The molecule has 2 aromatic rings. The molecule has 2 N–H and O–H groups in total. The second-order valence-electron chi connectivity index (χ2n) is 7.19. The summed E-state index contributed by atoms with van der Waals surface area (Å²) in [5.41, 5.74) is 3.28. The summed E-state index contributed by atoms with van der Waals surface area (Å²) >= 11 is 0. The van der Waals surface area contributed by atoms with Gasteiger partial charge in [0.15, 0.2) is 0 Å². The predicted molar refractivity (Wildman–Crippen MR) is 104 cm³/mol. The minimum Gasteiger partial charge on any atom is -0.506 e. The first-order valence-corrected chi connectivity index (χ1v) is 9.32. The average molecular weight is 369 g/mol. The molecular weight excluding hydrogens is 342 g/mol. The van der Waals surface area contributed by atoms with E-state index in [1.54, 1.807) is 12.1 Å². The zero-order valence-corrected chi connectivity index (χ0v) is 16.1. The maximum atomic E-state index is 12.7. The zero-order valence-electron chi connectivity index (χ0n) is 16.1. The number of nitrogens with zero attached hydrogens (tertiary/aromatic N) is 2. The van der Waals surface area contributed by atoms with Crippen LogP contribution in [0.4, 0.5) is 0 Å². The SMILES string of the molecule is Cc1ccc(O)c(CNCc2ccc(C(=O)N3CC(C)OC(C)C3)cc2)n1. The number of ether oxygens (including phenoxy) is 1. The molecule has 2 heterocycles. The highest BCUT2D eigenvalue weighted by Crippen LogP contribution is 2.16. The maximum absolute atomic E-state index is 12.7. The molecule has 0 bridgehead atoms. The van der Waals surface area contributed by atoms with Gasteiger partial charge >= 0.3 is 0 Å². The first kappa shape index (κ1) is 19.3. The molecule has 6 heteroatoms. The third-order valence-corrected chi connectivity index (χ3v) is 4.62. The minimum absolute atomic E-state index is 0.0467. The molecule has 1 aliphatic rings. The first-order valence-electron chi connectivity index (χ1n) is 9.32. The average Bonchev–Trinajstić information content (AvgIpc) is 2.64. The fourth-order valence-corrected chi connectivity index (χ4v) is 3.35. The van der Waals surface area contributed by atoms with Crippen LogP contribution in [-0.2, 0) is 17.8 Å². The van der Waals surface area contributed by atoms with Gasteiger partial charge in [-0.2, -0.15) is 0 Å². The van der Waals surface area contributed by atoms with Gasteiger partial charge in [-0.05, 0) is 50.6 Å². The standard InChI is InChI=1S/C21H27N3O3/c1-14-4-9-20(25)19(23-14)11-22-10-17-5-7-18(8-6-17)21(26)24-12-15(2)27-16(3)13-24/h4-9,15-16,22,25H,10-13H2,1-3H3. The molecule has 0 saturated carbocycles. The maximum Gasteiger partial charge on any atom is 0.254 e. The van der Waals surface area contributed by atoms with Crippen molar-refractivity contribution in [3.05, 3.63) is 58.9 Å². The quantitative estimate of drug-likeness (QED) is 0.847. The molecule has 1 amide bonds. The van der Waals surface area contributed by atoms with E-state index in [1.165, 1.54) is 0 Å². The van der Waals surface area contributed by atoms with Crippen LogP contribution in [0.1, 0.15) is 41.2 Å². The van der Waals surface area contributed by atoms with Crippen molar-refractivity contribution in [2.45, 2.75) is 46.1 Å². The summed E-state index contributed by atoms with van der Waals surface area (Å²) in [6.45, 7) is 8.25. The topological polar surface area (TPSA) is 74.7 Å². The van der Waals surface area contributed by atoms with Gasteiger partial charge in [0.2, 0.25) is 0 Å². The van der Waals surface area contributed by atoms with Crippen LogP contribution in [0.2, 0.25) is 0 Å². The van der Waals surface area contributed by atoms with Crippen LogP contribution < -0.4 is 5.32 Å². The zero-order chi connectivity index (χ0) is 19.4. The summed E-state index contributed by atoms with van der Waals surface area (Å²) in [4.78, 5) is 18.9. The molecule has 1 aromatic heterocycles. The summed E-state index contributed by atoms with van der Waals surface area (Å²) in [6.07, 6.45) is 0.126. The molecule has 0 radical (unpaired) electrons. The van der Waals surface area contributed by atoms with E-state index in [0.29, 0.717) is 37.4 Å². The Morgan fingerprint density at radius 1 is 1.15 bits per heavy atom. The number of rotatable bonds is 5. The molecule has 0 aliphatic carbocycles. The number of hydrogen-bond acceptors (Lipinski definition) is 5. The summed E-state index contributed by atoms with van der Waals surface area (Å²) in [7, 11) is 0. The van der Waals surface area contributed by atoms with Gasteiger partial charge in [-0.3, -0.25) is 9.78 Å². The highest BCUT2D eigenvalue weighted by molar-refractivity contribution is 5.94. The van der Waals surface area contributed by atoms with E-state index < -0.39 is 0 Å². The number of carbonyl (C=O) groups excluding carboxylic acids is 1. The second kappa shape index (κ2) is 8.50. The normalized spacial score (nSPS) is 19.9. The Bertz CT molecular complexity index is 782. The van der Waals surface area contributed by atoms with Crippen LogP contribution in [0.25, 0.3) is 0 Å². The Morgan fingerprint density at radius 2 is 1.81 bits per heavy atom. The monoisotopic (exact) mass is 369 g/mol. The molecule has 6 nitrogen and oxygen atoms in total. The minimum atomic E-state index is 0.0467. The first-order chi connectivity index (χ1) is 12.9. The van der Waals surface area contributed by atoms with Crippen LogP contribution in [0.15, 0.2) is 36.4 Å². The number of aromatic hydroxyl groups is 1. The third kappa shape index (κ3) is 5.05. The third-order valence-electron chi connectivity index (χ3n) is 4.62. The number of hydrogen-bond donors (Lipinski definition) is 2. The molecule has 3 rings (SSSR count). The van der Waals surface area contributed by atoms with Gasteiger partial charge in [0.1, 0.15) is 5.75 Å². The summed E-state index contributed by atoms with van der Waals surface area (Å²) < 4.78 is 5.69. The lowest BCUT2D eigenvalue weighted by atomic mass is 10.1. The van der Waals surface area contributed by atoms with E-state index in [2.05, 4.69) is 10.3 Å². The summed E-state index contributed by atoms with van der Waals surface area (Å²) in [5, 5.41) is 13.1. The highest BCUT2D eigenvalue weighted by Gasteiger charge is 2.26. The lowest BCUT2D eigenvalue weighted by Gasteiger charge is -2.35. The van der Waals surface area contributed by atoms with Crippen molar-refractivity contribution in [2.75, 3.05) is 13.1 Å². The molecule has 0 spiro atoms. The van der Waals surface area contributed by atoms with E-state index >= 15 is 0 Å². The summed E-state index contributed by atoms with van der Waals surface area (Å²) in [6, 6.07) is 11.1. The number of morpholine rings is 1. The van der Waals surface area contributed by atoms with Crippen molar-refractivity contribution in [2.24, 2.45) is 0 Å². The fourth-order valence-electron chi connectivity index (χ4n) is 3.35. The van der Waals surface area contributed by atoms with E-state index in [0.717, 1.165) is 11.3 Å². The number of benzene rings is 1. The predicted octanol–water partition coefficient (Wildman–Crippen LogP) is 2.63. The van der Waals surface area contributed by atoms with Gasteiger partial charge in [0.05, 0.1) is 17.9 Å². The number of carbonyl (C=O) groups is 1. The molecule has 1 aromatic carbocycles. The molecule has 27 heavy (non-hydrogen) atoms. The van der Waals surface area contributed by atoms with E-state index in [4.69, 9.17) is 4.74 Å². The molecular formula is C21H27N3O3. The number of aryl methyl sites for hydroxylation is 1. The van der Waals surface area contributed by atoms with E-state index in [9.17, 15) is 9.90 Å². The Hall–Kier alpha value is -2.44. The van der Waals surface area contributed by atoms with Crippen molar-refractivity contribution in [3.63, 3.8) is 0 Å². The molecule has 2 atom stereocenters. The van der Waals surface area contributed by atoms with Crippen molar-refractivity contribution < 1.29 is 14.6 Å². The van der Waals surface area contributed by atoms with Gasteiger partial charge in [0, 0.05) is 37.4 Å². The van der Waals surface area contributed by atoms with Crippen molar-refractivity contribution in [1.29, 1.82) is 0 Å². The summed E-state index contributed by atoms with van der Waals surface area (Å²) in [5.74, 6) is 0.244. The van der Waals surface area contributed by atoms with Crippen LogP contribution in [0.3, 0.4) is 0 Å². The van der Waals surface area contributed by atoms with E-state index in [1.807, 2.05) is 49.9 Å². The highest BCUT2D eigenvalue weighted by atomic mass is 16.5. The number of amides is 1. The smallest absolute Gasteiger partial charge is 0.254 e. The Morgan fingerprint density at radius 3 is 2.48 bits per heavy atom. The van der Waals surface area contributed by atoms with Gasteiger partial charge in [-0.1, -0.05) is 12.1 Å². The lowest BCUT2D eigenvalue weighted by Crippen LogP contribution is -2.48. The van der Waals surface area contributed by atoms with Gasteiger partial charge in [-0.25, -0.2) is 0 Å². The van der Waals surface area contributed by atoms with Gasteiger partial charge < -0.3 is 20.1 Å².